The fourth-order valence-electron chi connectivity index (χ4n) is 1.51. The van der Waals surface area contributed by atoms with Crippen LogP contribution in [0.2, 0.25) is 0 Å². The number of imidazole rings is 1. The van der Waals surface area contributed by atoms with E-state index in [0.717, 1.165) is 5.82 Å². The zero-order valence-corrected chi connectivity index (χ0v) is 10.9. The lowest BCUT2D eigenvalue weighted by molar-refractivity contribution is -0.145. The zero-order chi connectivity index (χ0) is 15.1. The molecule has 1 atom stereocenters. The lowest BCUT2D eigenvalue weighted by Gasteiger charge is -2.13. The Morgan fingerprint density at radius 2 is 2.10 bits per heavy atom. The zero-order valence-electron chi connectivity index (χ0n) is 10.9. The van der Waals surface area contributed by atoms with Crippen LogP contribution in [0.3, 0.4) is 0 Å². The number of hydrogen-bond acceptors (Lipinski definition) is 4. The highest BCUT2D eigenvalue weighted by Gasteiger charge is 2.22. The van der Waals surface area contributed by atoms with Gasteiger partial charge in [-0.3, -0.25) is 4.79 Å². The van der Waals surface area contributed by atoms with Crippen LogP contribution in [0.5, 0.6) is 0 Å². The molecule has 0 aliphatic heterocycles. The van der Waals surface area contributed by atoms with Gasteiger partial charge in [0.1, 0.15) is 11.9 Å². The molecule has 0 aromatic carbocycles. The van der Waals surface area contributed by atoms with Crippen molar-refractivity contribution < 1.29 is 24.6 Å². The lowest BCUT2D eigenvalue weighted by Crippen LogP contribution is -2.47. The average Bonchev–Trinajstić information content (AvgIpc) is 2.73. The number of rotatable bonds is 7. The molecule has 9 nitrogen and oxygen atoms in total. The molecule has 1 aromatic heterocycles. The second-order valence-electron chi connectivity index (χ2n) is 4.09. The quantitative estimate of drug-likeness (QED) is 0.517. The first kappa shape index (κ1) is 15.5. The molecule has 0 aliphatic carbocycles. The highest BCUT2D eigenvalue weighted by molar-refractivity contribution is 5.86. The summed E-state index contributed by atoms with van der Waals surface area (Å²) in [5, 5.41) is 21.8. The Hall–Kier alpha value is -2.58. The van der Waals surface area contributed by atoms with Crippen LogP contribution in [-0.2, 0) is 23.1 Å². The molecule has 0 bridgehead atoms. The summed E-state index contributed by atoms with van der Waals surface area (Å²) in [4.78, 5) is 36.7. The Bertz CT molecular complexity index is 499. The van der Waals surface area contributed by atoms with E-state index in [-0.39, 0.29) is 6.54 Å². The van der Waals surface area contributed by atoms with Crippen LogP contribution in [0.25, 0.3) is 0 Å². The summed E-state index contributed by atoms with van der Waals surface area (Å²) in [6.45, 7) is 0.260. The van der Waals surface area contributed by atoms with Crippen molar-refractivity contribution in [3.8, 4) is 0 Å². The standard InChI is InChI=1S/C11H16N4O5/c1-15-5-4-12-8(15)2-3-13-11(20)14-7(10(18)19)6-9(16)17/h4-5,7H,2-3,6H2,1H3,(H,16,17)(H,18,19)(H2,13,14,20)/t7-/m1/s1. The van der Waals surface area contributed by atoms with Crippen molar-refractivity contribution in [1.82, 2.24) is 20.2 Å². The number of aromatic nitrogens is 2. The maximum absolute atomic E-state index is 11.4. The third-order valence-corrected chi connectivity index (χ3v) is 2.54. The summed E-state index contributed by atoms with van der Waals surface area (Å²) in [6.07, 6.45) is 3.20. The van der Waals surface area contributed by atoms with Gasteiger partial charge in [0.2, 0.25) is 0 Å². The summed E-state index contributed by atoms with van der Waals surface area (Å²) >= 11 is 0. The molecule has 0 radical (unpaired) electrons. The minimum atomic E-state index is -1.46. The van der Waals surface area contributed by atoms with Gasteiger partial charge in [-0.25, -0.2) is 14.6 Å². The molecule has 0 saturated heterocycles. The second-order valence-corrected chi connectivity index (χ2v) is 4.09. The van der Waals surface area contributed by atoms with E-state index in [1.54, 1.807) is 17.0 Å². The van der Waals surface area contributed by atoms with Crippen LogP contribution in [0, 0.1) is 0 Å². The lowest BCUT2D eigenvalue weighted by atomic mass is 10.2. The number of aliphatic carboxylic acids is 2. The molecule has 1 aromatic rings. The van der Waals surface area contributed by atoms with E-state index in [0.29, 0.717) is 6.42 Å². The van der Waals surface area contributed by atoms with Crippen LogP contribution >= 0.6 is 0 Å². The predicted molar refractivity (Wildman–Crippen MR) is 67.1 cm³/mol. The number of nitrogens with zero attached hydrogens (tertiary/aromatic N) is 2. The van der Waals surface area contributed by atoms with E-state index < -0.39 is 30.4 Å². The highest BCUT2D eigenvalue weighted by atomic mass is 16.4. The molecule has 0 spiro atoms. The molecular formula is C11H16N4O5. The summed E-state index contributed by atoms with van der Waals surface area (Å²) in [5.41, 5.74) is 0. The molecule has 0 fully saturated rings. The number of carbonyl (C=O) groups is 3. The van der Waals surface area contributed by atoms with Gasteiger partial charge in [0.25, 0.3) is 0 Å². The molecule has 2 amide bonds. The Kier molecular flexibility index (Phi) is 5.51. The topological polar surface area (TPSA) is 134 Å². The van der Waals surface area contributed by atoms with Crippen molar-refractivity contribution in [1.29, 1.82) is 0 Å². The third kappa shape index (κ3) is 4.96. The number of aryl methyl sites for hydroxylation is 1. The third-order valence-electron chi connectivity index (χ3n) is 2.54. The van der Waals surface area contributed by atoms with E-state index in [9.17, 15) is 14.4 Å². The number of carboxylic acids is 2. The predicted octanol–water partition coefficient (Wildman–Crippen LogP) is -0.810. The van der Waals surface area contributed by atoms with Crippen LogP contribution in [0.1, 0.15) is 12.2 Å². The SMILES string of the molecule is Cn1ccnc1CCNC(=O)N[C@H](CC(=O)O)C(=O)O. The maximum Gasteiger partial charge on any atom is 0.326 e. The largest absolute Gasteiger partial charge is 0.481 e. The first-order valence-corrected chi connectivity index (χ1v) is 5.85. The minimum absolute atomic E-state index is 0.260. The van der Waals surface area contributed by atoms with Crippen molar-refractivity contribution in [3.63, 3.8) is 0 Å². The molecule has 110 valence electrons. The number of carboxylic acid groups (broad SMARTS) is 2. The van der Waals surface area contributed by atoms with Crippen molar-refractivity contribution in [3.05, 3.63) is 18.2 Å². The average molecular weight is 284 g/mol. The van der Waals surface area contributed by atoms with Gasteiger partial charge in [-0.1, -0.05) is 0 Å². The maximum atomic E-state index is 11.4. The highest BCUT2D eigenvalue weighted by Crippen LogP contribution is 1.95. The fraction of sp³-hybridized carbons (Fsp3) is 0.455. The van der Waals surface area contributed by atoms with Gasteiger partial charge >= 0.3 is 18.0 Å². The molecule has 4 N–H and O–H groups in total. The van der Waals surface area contributed by atoms with Gasteiger partial charge in [0.15, 0.2) is 0 Å². The second kappa shape index (κ2) is 7.12. The molecule has 9 heteroatoms. The van der Waals surface area contributed by atoms with Crippen LogP contribution in [0.4, 0.5) is 4.79 Å². The van der Waals surface area contributed by atoms with Gasteiger partial charge in [-0.15, -0.1) is 0 Å². The Labute approximate surface area is 114 Å². The van der Waals surface area contributed by atoms with E-state index in [1.165, 1.54) is 0 Å². The van der Waals surface area contributed by atoms with E-state index in [2.05, 4.69) is 15.6 Å². The van der Waals surface area contributed by atoms with Gasteiger partial charge < -0.3 is 25.4 Å². The molecule has 0 aliphatic rings. The van der Waals surface area contributed by atoms with E-state index in [1.807, 2.05) is 7.05 Å². The van der Waals surface area contributed by atoms with Crippen molar-refractivity contribution >= 4 is 18.0 Å². The van der Waals surface area contributed by atoms with Gasteiger partial charge in [0, 0.05) is 32.4 Å². The normalized spacial score (nSPS) is 11.7. The molecular weight excluding hydrogens is 268 g/mol. The first-order chi connectivity index (χ1) is 9.40. The fourth-order valence-corrected chi connectivity index (χ4v) is 1.51. The van der Waals surface area contributed by atoms with Crippen molar-refractivity contribution in [2.45, 2.75) is 18.9 Å². The summed E-state index contributed by atoms with van der Waals surface area (Å²) in [6, 6.07) is -2.19. The summed E-state index contributed by atoms with van der Waals surface area (Å²) in [5.74, 6) is -1.93. The molecule has 0 saturated carbocycles. The molecule has 20 heavy (non-hydrogen) atoms. The van der Waals surface area contributed by atoms with E-state index in [4.69, 9.17) is 10.2 Å². The molecule has 1 heterocycles. The van der Waals surface area contributed by atoms with Crippen molar-refractivity contribution in [2.24, 2.45) is 7.05 Å². The number of nitrogens with one attached hydrogen (secondary N) is 2. The molecule has 0 unspecified atom stereocenters. The number of urea groups is 1. The summed E-state index contributed by atoms with van der Waals surface area (Å²) in [7, 11) is 1.82. The summed E-state index contributed by atoms with van der Waals surface area (Å²) < 4.78 is 1.80. The van der Waals surface area contributed by atoms with Gasteiger partial charge in [-0.2, -0.15) is 0 Å². The van der Waals surface area contributed by atoms with Gasteiger partial charge in [0.05, 0.1) is 6.42 Å². The Balaban J connectivity index is 2.36. The van der Waals surface area contributed by atoms with Crippen molar-refractivity contribution in [2.75, 3.05) is 6.54 Å². The van der Waals surface area contributed by atoms with Crippen LogP contribution in [-0.4, -0.2) is 50.3 Å². The van der Waals surface area contributed by atoms with Crippen LogP contribution < -0.4 is 10.6 Å². The monoisotopic (exact) mass is 284 g/mol. The Morgan fingerprint density at radius 3 is 2.60 bits per heavy atom. The smallest absolute Gasteiger partial charge is 0.326 e. The molecule has 1 rings (SSSR count). The van der Waals surface area contributed by atoms with Gasteiger partial charge in [-0.05, 0) is 0 Å². The number of carbonyl (C=O) groups excluding carboxylic acids is 1. The van der Waals surface area contributed by atoms with Crippen LogP contribution in [0.15, 0.2) is 12.4 Å². The Morgan fingerprint density at radius 1 is 1.40 bits per heavy atom. The van der Waals surface area contributed by atoms with E-state index >= 15 is 0 Å². The number of hydrogen-bond donors (Lipinski definition) is 4. The number of amides is 2. The minimum Gasteiger partial charge on any atom is -0.481 e. The first-order valence-electron chi connectivity index (χ1n) is 5.85.